The van der Waals surface area contributed by atoms with Crippen molar-refractivity contribution < 1.29 is 9.47 Å². The molecule has 0 aromatic heterocycles. The standard InChI is InChI=1S/C13H24N2O2S/c1-10(12(14)18)15(2)11-3-6-17-13(9-11)4-7-16-8-5-13/h10-11H,3-9H2,1-2H3,(H2,14,18). The lowest BCUT2D eigenvalue weighted by Crippen LogP contribution is -2.53. The Hall–Kier alpha value is -0.230. The summed E-state index contributed by atoms with van der Waals surface area (Å²) in [5.74, 6) is 0. The largest absolute Gasteiger partial charge is 0.392 e. The molecule has 2 saturated heterocycles. The van der Waals surface area contributed by atoms with E-state index in [9.17, 15) is 0 Å². The molecule has 2 rings (SSSR count). The molecule has 4 nitrogen and oxygen atoms in total. The molecule has 0 saturated carbocycles. The first kappa shape index (κ1) is 14.2. The van der Waals surface area contributed by atoms with Gasteiger partial charge >= 0.3 is 0 Å². The van der Waals surface area contributed by atoms with Crippen LogP contribution in [0.25, 0.3) is 0 Å². The Morgan fingerprint density at radius 2 is 2.06 bits per heavy atom. The predicted molar refractivity (Wildman–Crippen MR) is 75.8 cm³/mol. The number of likely N-dealkylation sites (N-methyl/N-ethyl adjacent to an activating group) is 1. The number of hydrogen-bond donors (Lipinski definition) is 1. The van der Waals surface area contributed by atoms with Crippen molar-refractivity contribution in [2.45, 2.75) is 50.3 Å². The Labute approximate surface area is 115 Å². The van der Waals surface area contributed by atoms with Gasteiger partial charge in [-0.25, -0.2) is 0 Å². The van der Waals surface area contributed by atoms with Crippen LogP contribution < -0.4 is 5.73 Å². The molecular weight excluding hydrogens is 248 g/mol. The summed E-state index contributed by atoms with van der Waals surface area (Å²) in [6.07, 6.45) is 4.16. The molecule has 2 fully saturated rings. The fourth-order valence-electron chi connectivity index (χ4n) is 2.96. The molecule has 0 bridgehead atoms. The monoisotopic (exact) mass is 272 g/mol. The summed E-state index contributed by atoms with van der Waals surface area (Å²) in [5.41, 5.74) is 5.79. The molecule has 0 aromatic carbocycles. The Kier molecular flexibility index (Phi) is 4.59. The van der Waals surface area contributed by atoms with E-state index < -0.39 is 0 Å². The lowest BCUT2D eigenvalue weighted by Gasteiger charge is -2.46. The van der Waals surface area contributed by atoms with Crippen LogP contribution in [0, 0.1) is 0 Å². The highest BCUT2D eigenvalue weighted by Gasteiger charge is 2.40. The van der Waals surface area contributed by atoms with Gasteiger partial charge in [-0.05, 0) is 39.7 Å². The zero-order chi connectivity index (χ0) is 13.2. The minimum atomic E-state index is 0.0331. The second kappa shape index (κ2) is 5.82. The van der Waals surface area contributed by atoms with Crippen LogP contribution in [0.1, 0.15) is 32.6 Å². The molecule has 2 N–H and O–H groups in total. The van der Waals surface area contributed by atoms with Gasteiger partial charge < -0.3 is 15.2 Å². The molecule has 2 atom stereocenters. The quantitative estimate of drug-likeness (QED) is 0.785. The van der Waals surface area contributed by atoms with Gasteiger partial charge in [0.15, 0.2) is 0 Å². The first-order valence-electron chi connectivity index (χ1n) is 6.77. The normalized spacial score (nSPS) is 29.4. The van der Waals surface area contributed by atoms with Gasteiger partial charge in [0.1, 0.15) is 0 Å². The van der Waals surface area contributed by atoms with Crippen LogP contribution in [0.15, 0.2) is 0 Å². The third-order valence-electron chi connectivity index (χ3n) is 4.47. The maximum Gasteiger partial charge on any atom is 0.0899 e. The van der Waals surface area contributed by atoms with Gasteiger partial charge in [0.25, 0.3) is 0 Å². The van der Waals surface area contributed by atoms with Gasteiger partial charge in [-0.2, -0.15) is 0 Å². The van der Waals surface area contributed by atoms with E-state index in [1.807, 2.05) is 0 Å². The lowest BCUT2D eigenvalue weighted by molar-refractivity contribution is -0.150. The van der Waals surface area contributed by atoms with Crippen LogP contribution in [-0.2, 0) is 9.47 Å². The lowest BCUT2D eigenvalue weighted by atomic mass is 9.83. The number of ether oxygens (including phenoxy) is 2. The van der Waals surface area contributed by atoms with E-state index in [1.165, 1.54) is 0 Å². The summed E-state index contributed by atoms with van der Waals surface area (Å²) in [6, 6.07) is 0.661. The molecule has 2 aliphatic rings. The van der Waals surface area contributed by atoms with E-state index in [0.717, 1.165) is 45.5 Å². The van der Waals surface area contributed by atoms with Crippen molar-refractivity contribution in [3.8, 4) is 0 Å². The van der Waals surface area contributed by atoms with E-state index in [2.05, 4.69) is 18.9 Å². The van der Waals surface area contributed by atoms with Gasteiger partial charge in [0.05, 0.1) is 16.6 Å². The summed E-state index contributed by atoms with van der Waals surface area (Å²) in [7, 11) is 2.12. The predicted octanol–water partition coefficient (Wildman–Crippen LogP) is 1.32. The average Bonchev–Trinajstić information content (AvgIpc) is 2.38. The van der Waals surface area contributed by atoms with E-state index in [-0.39, 0.29) is 11.6 Å². The molecule has 5 heteroatoms. The molecule has 2 heterocycles. The van der Waals surface area contributed by atoms with Crippen molar-refractivity contribution in [1.29, 1.82) is 0 Å². The number of thiocarbonyl (C=S) groups is 1. The first-order chi connectivity index (χ1) is 8.54. The molecule has 1 spiro atoms. The fraction of sp³-hybridized carbons (Fsp3) is 0.923. The zero-order valence-electron chi connectivity index (χ0n) is 11.4. The van der Waals surface area contributed by atoms with Crippen molar-refractivity contribution in [2.75, 3.05) is 26.9 Å². The maximum atomic E-state index is 6.06. The summed E-state index contributed by atoms with van der Waals surface area (Å²) >= 11 is 5.10. The molecule has 0 aliphatic carbocycles. The molecule has 104 valence electrons. The highest BCUT2D eigenvalue weighted by molar-refractivity contribution is 7.80. The van der Waals surface area contributed by atoms with Crippen molar-refractivity contribution in [1.82, 2.24) is 4.90 Å². The van der Waals surface area contributed by atoms with Crippen LogP contribution in [0.5, 0.6) is 0 Å². The number of nitrogens with zero attached hydrogens (tertiary/aromatic N) is 1. The van der Waals surface area contributed by atoms with Crippen LogP contribution in [0.2, 0.25) is 0 Å². The van der Waals surface area contributed by atoms with Crippen molar-refractivity contribution in [2.24, 2.45) is 5.73 Å². The maximum absolute atomic E-state index is 6.06. The van der Waals surface area contributed by atoms with Crippen LogP contribution in [-0.4, -0.2) is 54.4 Å². The minimum absolute atomic E-state index is 0.0331. The molecule has 18 heavy (non-hydrogen) atoms. The van der Waals surface area contributed by atoms with Gasteiger partial charge in [0, 0.05) is 25.9 Å². The third kappa shape index (κ3) is 3.02. The van der Waals surface area contributed by atoms with Crippen molar-refractivity contribution in [3.05, 3.63) is 0 Å². The first-order valence-corrected chi connectivity index (χ1v) is 7.18. The topological polar surface area (TPSA) is 47.7 Å². The minimum Gasteiger partial charge on any atom is -0.392 e. The number of rotatable bonds is 3. The summed E-state index contributed by atoms with van der Waals surface area (Å²) < 4.78 is 11.5. The van der Waals surface area contributed by atoms with E-state index in [4.69, 9.17) is 27.4 Å². The Morgan fingerprint density at radius 1 is 1.39 bits per heavy atom. The van der Waals surface area contributed by atoms with E-state index in [1.54, 1.807) is 0 Å². The summed E-state index contributed by atoms with van der Waals surface area (Å²) in [5, 5.41) is 0. The second-order valence-corrected chi connectivity index (χ2v) is 6.01. The second-order valence-electron chi connectivity index (χ2n) is 5.53. The Balaban J connectivity index is 1.99. The number of nitrogens with two attached hydrogens (primary N) is 1. The SMILES string of the molecule is CC(C(N)=S)N(C)C1CCOC2(CCOCC2)C1. The van der Waals surface area contributed by atoms with Crippen LogP contribution in [0.3, 0.4) is 0 Å². The highest BCUT2D eigenvalue weighted by atomic mass is 32.1. The molecule has 2 unspecified atom stereocenters. The van der Waals surface area contributed by atoms with Gasteiger partial charge in [0.2, 0.25) is 0 Å². The third-order valence-corrected chi connectivity index (χ3v) is 4.81. The van der Waals surface area contributed by atoms with Crippen LogP contribution in [0.4, 0.5) is 0 Å². The zero-order valence-corrected chi connectivity index (χ0v) is 12.2. The van der Waals surface area contributed by atoms with E-state index in [0.29, 0.717) is 11.0 Å². The van der Waals surface area contributed by atoms with Gasteiger partial charge in [-0.1, -0.05) is 12.2 Å². The smallest absolute Gasteiger partial charge is 0.0899 e. The van der Waals surface area contributed by atoms with Crippen LogP contribution >= 0.6 is 12.2 Å². The summed E-state index contributed by atoms with van der Waals surface area (Å²) in [4.78, 5) is 2.88. The fourth-order valence-corrected chi connectivity index (χ4v) is 3.12. The van der Waals surface area contributed by atoms with Gasteiger partial charge in [-0.15, -0.1) is 0 Å². The molecule has 2 aliphatic heterocycles. The molecular formula is C13H24N2O2S. The Bertz CT molecular complexity index is 300. The highest BCUT2D eigenvalue weighted by Crippen LogP contribution is 2.36. The van der Waals surface area contributed by atoms with Crippen molar-refractivity contribution in [3.63, 3.8) is 0 Å². The van der Waals surface area contributed by atoms with Crippen molar-refractivity contribution >= 4 is 17.2 Å². The molecule has 0 amide bonds. The summed E-state index contributed by atoms with van der Waals surface area (Å²) in [6.45, 7) is 4.55. The van der Waals surface area contributed by atoms with E-state index >= 15 is 0 Å². The molecule has 0 aromatic rings. The number of hydrogen-bond acceptors (Lipinski definition) is 4. The average molecular weight is 272 g/mol. The molecule has 0 radical (unpaired) electrons. The Morgan fingerprint density at radius 3 is 2.67 bits per heavy atom. The van der Waals surface area contributed by atoms with Gasteiger partial charge in [-0.3, -0.25) is 4.90 Å².